The number of fused-ring (bicyclic) bond motifs is 1. The number of piperidine rings is 1. The Morgan fingerprint density at radius 2 is 1.82 bits per heavy atom. The summed E-state index contributed by atoms with van der Waals surface area (Å²) in [6, 6.07) is 0. The van der Waals surface area contributed by atoms with Crippen LogP contribution in [0.25, 0.3) is 11.0 Å². The molecule has 0 aromatic carbocycles. The molecule has 1 aliphatic heterocycles. The molecular weight excluding hydrogens is 376 g/mol. The third-order valence-corrected chi connectivity index (χ3v) is 6.32. The maximum atomic E-state index is 12.9. The summed E-state index contributed by atoms with van der Waals surface area (Å²) >= 11 is 1.40. The van der Waals surface area contributed by atoms with E-state index in [1.807, 2.05) is 4.90 Å². The van der Waals surface area contributed by atoms with Gasteiger partial charge in [0, 0.05) is 38.3 Å². The number of carbonyl (C=O) groups is 1. The van der Waals surface area contributed by atoms with E-state index in [4.69, 9.17) is 0 Å². The van der Waals surface area contributed by atoms with Crippen LogP contribution in [-0.2, 0) is 25.3 Å². The van der Waals surface area contributed by atoms with Crippen LogP contribution < -0.4 is 11.2 Å². The minimum Gasteiger partial charge on any atom is -0.342 e. The fraction of sp³-hybridized carbons (Fsp3) is 0.600. The van der Waals surface area contributed by atoms with Gasteiger partial charge in [-0.05, 0) is 37.2 Å². The van der Waals surface area contributed by atoms with Gasteiger partial charge in [0.25, 0.3) is 5.56 Å². The molecule has 3 rings (SSSR count). The number of amides is 1. The SMILES string of the molecule is CC(C)Cc1cnc2c(c1SCC(=O)N1CCCCC1)c(=O)n(C)c(=O)n2C. The third kappa shape index (κ3) is 4.01. The molecule has 1 aliphatic rings. The zero-order chi connectivity index (χ0) is 20.4. The fourth-order valence-corrected chi connectivity index (χ4v) is 4.75. The molecule has 7 nitrogen and oxygen atoms in total. The van der Waals surface area contributed by atoms with Crippen LogP contribution in [0.1, 0.15) is 38.7 Å². The van der Waals surface area contributed by atoms with Gasteiger partial charge in [-0.25, -0.2) is 9.78 Å². The summed E-state index contributed by atoms with van der Waals surface area (Å²) in [6.45, 7) is 5.84. The number of hydrogen-bond acceptors (Lipinski definition) is 5. The minimum absolute atomic E-state index is 0.104. The number of carbonyl (C=O) groups excluding carboxylic acids is 1. The van der Waals surface area contributed by atoms with Gasteiger partial charge in [-0.15, -0.1) is 11.8 Å². The molecule has 1 saturated heterocycles. The lowest BCUT2D eigenvalue weighted by Gasteiger charge is -2.26. The Morgan fingerprint density at radius 1 is 1.14 bits per heavy atom. The summed E-state index contributed by atoms with van der Waals surface area (Å²) < 4.78 is 2.51. The molecular formula is C20H28N4O3S. The molecule has 0 N–H and O–H groups in total. The Labute approximate surface area is 168 Å². The predicted octanol–water partition coefficient (Wildman–Crippen LogP) is 1.94. The summed E-state index contributed by atoms with van der Waals surface area (Å²) in [5, 5.41) is 0.430. The van der Waals surface area contributed by atoms with Crippen molar-refractivity contribution in [2.24, 2.45) is 20.0 Å². The van der Waals surface area contributed by atoms with Crippen molar-refractivity contribution in [3.63, 3.8) is 0 Å². The second-order valence-corrected chi connectivity index (χ2v) is 8.83. The number of pyridine rings is 1. The van der Waals surface area contributed by atoms with Crippen LogP contribution >= 0.6 is 11.8 Å². The van der Waals surface area contributed by atoms with E-state index in [0.717, 1.165) is 47.4 Å². The van der Waals surface area contributed by atoms with E-state index in [2.05, 4.69) is 18.8 Å². The highest BCUT2D eigenvalue weighted by atomic mass is 32.2. The van der Waals surface area contributed by atoms with E-state index < -0.39 is 5.69 Å². The number of hydrogen-bond donors (Lipinski definition) is 0. The fourth-order valence-electron chi connectivity index (χ4n) is 3.66. The molecule has 0 unspecified atom stereocenters. The van der Waals surface area contributed by atoms with Crippen molar-refractivity contribution < 1.29 is 4.79 Å². The van der Waals surface area contributed by atoms with Crippen molar-refractivity contribution in [3.8, 4) is 0 Å². The van der Waals surface area contributed by atoms with Crippen LogP contribution in [0.2, 0.25) is 0 Å². The first-order valence-electron chi connectivity index (χ1n) is 9.79. The van der Waals surface area contributed by atoms with Crippen LogP contribution in [0.5, 0.6) is 0 Å². The minimum atomic E-state index is -0.401. The zero-order valence-corrected chi connectivity index (χ0v) is 17.8. The lowest BCUT2D eigenvalue weighted by atomic mass is 10.0. The number of thioether (sulfide) groups is 1. The number of aryl methyl sites for hydroxylation is 1. The van der Waals surface area contributed by atoms with E-state index in [1.54, 1.807) is 13.2 Å². The number of nitrogens with zero attached hydrogens (tertiary/aromatic N) is 4. The zero-order valence-electron chi connectivity index (χ0n) is 17.0. The van der Waals surface area contributed by atoms with E-state index in [9.17, 15) is 14.4 Å². The van der Waals surface area contributed by atoms with Crippen molar-refractivity contribution in [1.82, 2.24) is 19.0 Å². The van der Waals surface area contributed by atoms with Crippen LogP contribution in [0.3, 0.4) is 0 Å². The van der Waals surface area contributed by atoms with Gasteiger partial charge in [-0.2, -0.15) is 0 Å². The highest BCUT2D eigenvalue weighted by Crippen LogP contribution is 2.30. The first kappa shape index (κ1) is 20.6. The second-order valence-electron chi connectivity index (χ2n) is 7.85. The molecule has 1 amide bonds. The molecule has 0 bridgehead atoms. The number of likely N-dealkylation sites (tertiary alicyclic amines) is 1. The normalized spacial score (nSPS) is 14.8. The van der Waals surface area contributed by atoms with Crippen LogP contribution in [-0.4, -0.2) is 43.8 Å². The van der Waals surface area contributed by atoms with Crippen molar-refractivity contribution in [3.05, 3.63) is 32.6 Å². The summed E-state index contributed by atoms with van der Waals surface area (Å²) in [7, 11) is 3.10. The number of aromatic nitrogens is 3. The first-order chi connectivity index (χ1) is 13.3. The molecule has 0 radical (unpaired) electrons. The quantitative estimate of drug-likeness (QED) is 0.712. The lowest BCUT2D eigenvalue weighted by Crippen LogP contribution is -2.38. The topological polar surface area (TPSA) is 77.2 Å². The van der Waals surface area contributed by atoms with Gasteiger partial charge in [-0.3, -0.25) is 18.7 Å². The number of rotatable bonds is 5. The summed E-state index contributed by atoms with van der Waals surface area (Å²) in [6.07, 6.45) is 5.78. The Balaban J connectivity index is 2.05. The maximum Gasteiger partial charge on any atom is 0.332 e. The highest BCUT2D eigenvalue weighted by molar-refractivity contribution is 8.00. The van der Waals surface area contributed by atoms with E-state index in [0.29, 0.717) is 17.0 Å². The highest BCUT2D eigenvalue weighted by Gasteiger charge is 2.21. The summed E-state index contributed by atoms with van der Waals surface area (Å²) in [5.41, 5.74) is 0.564. The molecule has 8 heteroatoms. The maximum absolute atomic E-state index is 12.9. The molecule has 1 fully saturated rings. The van der Waals surface area contributed by atoms with Crippen LogP contribution in [0.4, 0.5) is 0 Å². The largest absolute Gasteiger partial charge is 0.342 e. The Morgan fingerprint density at radius 3 is 2.46 bits per heavy atom. The molecule has 0 saturated carbocycles. The van der Waals surface area contributed by atoms with Gasteiger partial charge in [0.15, 0.2) is 0 Å². The van der Waals surface area contributed by atoms with Gasteiger partial charge in [0.2, 0.25) is 5.91 Å². The first-order valence-corrected chi connectivity index (χ1v) is 10.8. The Bertz CT molecular complexity index is 1000. The summed E-state index contributed by atoms with van der Waals surface area (Å²) in [5.74, 6) is 0.774. The summed E-state index contributed by atoms with van der Waals surface area (Å²) in [4.78, 5) is 44.9. The Hall–Kier alpha value is -2.09. The van der Waals surface area contributed by atoms with Crippen molar-refractivity contribution in [2.75, 3.05) is 18.8 Å². The predicted molar refractivity (Wildman–Crippen MR) is 112 cm³/mol. The van der Waals surface area contributed by atoms with Crippen molar-refractivity contribution in [1.29, 1.82) is 0 Å². The standard InChI is InChI=1S/C20H28N4O3S/c1-13(2)10-14-11-21-18-16(19(26)23(4)20(27)22(18)3)17(14)28-12-15(25)24-8-6-5-7-9-24/h11,13H,5-10,12H2,1-4H3. The van der Waals surface area contributed by atoms with Crippen molar-refractivity contribution in [2.45, 2.75) is 44.4 Å². The van der Waals surface area contributed by atoms with Gasteiger partial charge in [-0.1, -0.05) is 13.8 Å². The molecule has 152 valence electrons. The second kappa shape index (κ2) is 8.51. The smallest absolute Gasteiger partial charge is 0.332 e. The molecule has 0 spiro atoms. The van der Waals surface area contributed by atoms with Gasteiger partial charge in [0.1, 0.15) is 5.65 Å². The molecule has 2 aromatic rings. The van der Waals surface area contributed by atoms with Gasteiger partial charge >= 0.3 is 5.69 Å². The lowest BCUT2D eigenvalue weighted by molar-refractivity contribution is -0.129. The average Bonchev–Trinajstić information content (AvgIpc) is 2.69. The molecule has 0 aliphatic carbocycles. The van der Waals surface area contributed by atoms with Crippen LogP contribution in [0.15, 0.2) is 20.7 Å². The van der Waals surface area contributed by atoms with E-state index in [-0.39, 0.29) is 17.2 Å². The molecule has 0 atom stereocenters. The third-order valence-electron chi connectivity index (χ3n) is 5.17. The average molecular weight is 405 g/mol. The van der Waals surface area contributed by atoms with Crippen LogP contribution in [0, 0.1) is 5.92 Å². The van der Waals surface area contributed by atoms with E-state index in [1.165, 1.54) is 29.8 Å². The molecule has 28 heavy (non-hydrogen) atoms. The molecule has 2 aromatic heterocycles. The van der Waals surface area contributed by atoms with E-state index >= 15 is 0 Å². The Kier molecular flexibility index (Phi) is 6.27. The monoisotopic (exact) mass is 404 g/mol. The van der Waals surface area contributed by atoms with Crippen molar-refractivity contribution >= 4 is 28.7 Å². The van der Waals surface area contributed by atoms with Gasteiger partial charge in [0.05, 0.1) is 11.1 Å². The molecule has 3 heterocycles. The van der Waals surface area contributed by atoms with Gasteiger partial charge < -0.3 is 4.90 Å².